The predicted molar refractivity (Wildman–Crippen MR) is 73.1 cm³/mol. The molecule has 0 saturated carbocycles. The quantitative estimate of drug-likeness (QED) is 0.905. The van der Waals surface area contributed by atoms with Crippen molar-refractivity contribution >= 4 is 28.8 Å². The number of rotatable bonds is 4. The maximum Gasteiger partial charge on any atom is 0.263 e. The third-order valence-corrected chi connectivity index (χ3v) is 3.85. The number of hydrogen-bond donors (Lipinski definition) is 2. The number of thiophene rings is 1. The minimum Gasteiger partial charge on any atom is -0.394 e. The summed E-state index contributed by atoms with van der Waals surface area (Å²) in [6.07, 6.45) is 0. The van der Waals surface area contributed by atoms with Gasteiger partial charge in [-0.15, -0.1) is 11.3 Å². The monoisotopic (exact) mass is 281 g/mol. The van der Waals surface area contributed by atoms with E-state index in [0.717, 1.165) is 5.56 Å². The Kier molecular flexibility index (Phi) is 4.36. The molecule has 94 valence electrons. The van der Waals surface area contributed by atoms with Gasteiger partial charge in [-0.05, 0) is 17.0 Å². The van der Waals surface area contributed by atoms with Gasteiger partial charge in [0.2, 0.25) is 0 Å². The molecule has 0 radical (unpaired) electrons. The molecule has 1 atom stereocenters. The van der Waals surface area contributed by atoms with Crippen LogP contribution in [0.5, 0.6) is 0 Å². The number of carbonyl (C=O) groups excluding carboxylic acids is 1. The molecule has 3 nitrogen and oxygen atoms in total. The van der Waals surface area contributed by atoms with Gasteiger partial charge in [-0.2, -0.15) is 0 Å². The highest BCUT2D eigenvalue weighted by atomic mass is 35.5. The van der Waals surface area contributed by atoms with Crippen molar-refractivity contribution in [2.45, 2.75) is 6.04 Å². The summed E-state index contributed by atoms with van der Waals surface area (Å²) < 4.78 is 0. The van der Waals surface area contributed by atoms with Crippen LogP contribution in [0, 0.1) is 0 Å². The van der Waals surface area contributed by atoms with E-state index in [0.29, 0.717) is 9.90 Å². The molecule has 5 heteroatoms. The van der Waals surface area contributed by atoms with Crippen molar-refractivity contribution in [3.63, 3.8) is 0 Å². The van der Waals surface area contributed by atoms with Crippen molar-refractivity contribution in [3.05, 3.63) is 57.2 Å². The summed E-state index contributed by atoms with van der Waals surface area (Å²) in [6, 6.07) is 10.6. The Balaban J connectivity index is 2.13. The maximum absolute atomic E-state index is 12.0. The second-order valence-corrected chi connectivity index (χ2v) is 5.04. The predicted octanol–water partition coefficient (Wildman–Crippen LogP) is 2.86. The highest BCUT2D eigenvalue weighted by Gasteiger charge is 2.17. The van der Waals surface area contributed by atoms with Crippen LogP contribution in [-0.4, -0.2) is 17.6 Å². The summed E-state index contributed by atoms with van der Waals surface area (Å²) in [4.78, 5) is 12.4. The molecule has 2 N–H and O–H groups in total. The van der Waals surface area contributed by atoms with Gasteiger partial charge in [0, 0.05) is 0 Å². The first-order chi connectivity index (χ1) is 8.72. The minimum absolute atomic E-state index is 0.154. The van der Waals surface area contributed by atoms with Crippen LogP contribution in [0.2, 0.25) is 5.02 Å². The van der Waals surface area contributed by atoms with Gasteiger partial charge >= 0.3 is 0 Å². The average molecular weight is 282 g/mol. The number of amides is 1. The third-order valence-electron chi connectivity index (χ3n) is 2.51. The number of benzene rings is 1. The molecule has 1 aromatic carbocycles. The number of nitrogens with one attached hydrogen (secondary N) is 1. The first kappa shape index (κ1) is 13.1. The molecule has 1 unspecified atom stereocenters. The molecule has 0 spiro atoms. The lowest BCUT2D eigenvalue weighted by atomic mass is 10.1. The van der Waals surface area contributed by atoms with Crippen molar-refractivity contribution in [1.29, 1.82) is 0 Å². The number of hydrogen-bond acceptors (Lipinski definition) is 3. The van der Waals surface area contributed by atoms with E-state index < -0.39 is 6.04 Å². The molecule has 0 aliphatic heterocycles. The van der Waals surface area contributed by atoms with Gasteiger partial charge < -0.3 is 10.4 Å². The fourth-order valence-electron chi connectivity index (χ4n) is 1.60. The average Bonchev–Trinajstić information content (AvgIpc) is 2.83. The van der Waals surface area contributed by atoms with Crippen LogP contribution in [0.4, 0.5) is 0 Å². The molecule has 1 heterocycles. The van der Waals surface area contributed by atoms with Crippen molar-refractivity contribution in [1.82, 2.24) is 5.32 Å². The molecule has 1 aromatic heterocycles. The fourth-order valence-corrected chi connectivity index (χ4v) is 2.64. The van der Waals surface area contributed by atoms with Crippen LogP contribution in [0.25, 0.3) is 0 Å². The third kappa shape index (κ3) is 2.90. The lowest BCUT2D eigenvalue weighted by molar-refractivity contribution is 0.0920. The van der Waals surface area contributed by atoms with E-state index in [1.165, 1.54) is 11.3 Å². The van der Waals surface area contributed by atoms with Gasteiger partial charge in [0.1, 0.15) is 4.88 Å². The van der Waals surface area contributed by atoms with Crippen molar-refractivity contribution in [2.24, 2.45) is 0 Å². The van der Waals surface area contributed by atoms with E-state index in [1.807, 2.05) is 30.3 Å². The second kappa shape index (κ2) is 6.00. The lowest BCUT2D eigenvalue weighted by Crippen LogP contribution is -2.30. The Hall–Kier alpha value is -1.36. The summed E-state index contributed by atoms with van der Waals surface area (Å²) in [6.45, 7) is -0.154. The van der Waals surface area contributed by atoms with Gasteiger partial charge in [-0.1, -0.05) is 41.9 Å². The van der Waals surface area contributed by atoms with Crippen LogP contribution in [0.15, 0.2) is 41.8 Å². The highest BCUT2D eigenvalue weighted by Crippen LogP contribution is 2.23. The summed E-state index contributed by atoms with van der Waals surface area (Å²) in [5.41, 5.74) is 0.862. The Morgan fingerprint density at radius 3 is 2.61 bits per heavy atom. The van der Waals surface area contributed by atoms with Crippen molar-refractivity contribution < 1.29 is 9.90 Å². The Morgan fingerprint density at radius 2 is 2.06 bits per heavy atom. The molecule has 0 fully saturated rings. The molecule has 2 rings (SSSR count). The summed E-state index contributed by atoms with van der Waals surface area (Å²) >= 11 is 7.17. The molecule has 0 saturated heterocycles. The van der Waals surface area contributed by atoms with E-state index in [9.17, 15) is 9.90 Å². The Labute approximate surface area is 114 Å². The van der Waals surface area contributed by atoms with E-state index in [1.54, 1.807) is 11.4 Å². The van der Waals surface area contributed by atoms with Crippen LogP contribution < -0.4 is 5.32 Å². The highest BCUT2D eigenvalue weighted by molar-refractivity contribution is 7.12. The van der Waals surface area contributed by atoms with E-state index >= 15 is 0 Å². The number of carbonyl (C=O) groups is 1. The van der Waals surface area contributed by atoms with Crippen LogP contribution >= 0.6 is 22.9 Å². The minimum atomic E-state index is -0.420. The fraction of sp³-hybridized carbons (Fsp3) is 0.154. The van der Waals surface area contributed by atoms with Crippen LogP contribution in [-0.2, 0) is 0 Å². The first-order valence-corrected chi connectivity index (χ1v) is 6.68. The number of aliphatic hydroxyl groups is 1. The van der Waals surface area contributed by atoms with E-state index in [4.69, 9.17) is 11.6 Å². The largest absolute Gasteiger partial charge is 0.394 e. The smallest absolute Gasteiger partial charge is 0.263 e. The molecule has 2 aromatic rings. The zero-order valence-electron chi connectivity index (χ0n) is 9.47. The molecule has 1 amide bonds. The van der Waals surface area contributed by atoms with Crippen molar-refractivity contribution in [3.8, 4) is 0 Å². The number of aliphatic hydroxyl groups excluding tert-OH is 1. The molecule has 18 heavy (non-hydrogen) atoms. The van der Waals surface area contributed by atoms with Gasteiger partial charge in [-0.3, -0.25) is 4.79 Å². The van der Waals surface area contributed by atoms with E-state index in [2.05, 4.69) is 5.32 Å². The lowest BCUT2D eigenvalue weighted by Gasteiger charge is -2.16. The summed E-state index contributed by atoms with van der Waals surface area (Å²) in [5, 5.41) is 14.3. The van der Waals surface area contributed by atoms with E-state index in [-0.39, 0.29) is 12.5 Å². The van der Waals surface area contributed by atoms with Gasteiger partial charge in [0.15, 0.2) is 0 Å². The normalized spacial score (nSPS) is 12.1. The first-order valence-electron chi connectivity index (χ1n) is 5.42. The molecule has 0 aliphatic rings. The van der Waals surface area contributed by atoms with Crippen LogP contribution in [0.3, 0.4) is 0 Å². The molecule has 0 bridgehead atoms. The maximum atomic E-state index is 12.0. The molecule has 0 aliphatic carbocycles. The van der Waals surface area contributed by atoms with Gasteiger partial charge in [0.05, 0.1) is 17.7 Å². The Morgan fingerprint density at radius 1 is 1.33 bits per heavy atom. The van der Waals surface area contributed by atoms with Crippen LogP contribution in [0.1, 0.15) is 21.3 Å². The second-order valence-electron chi connectivity index (χ2n) is 3.72. The van der Waals surface area contributed by atoms with Crippen molar-refractivity contribution in [2.75, 3.05) is 6.61 Å². The van der Waals surface area contributed by atoms with Gasteiger partial charge in [-0.25, -0.2) is 0 Å². The topological polar surface area (TPSA) is 49.3 Å². The zero-order valence-corrected chi connectivity index (χ0v) is 11.0. The Bertz CT molecular complexity index is 527. The summed E-state index contributed by atoms with van der Waals surface area (Å²) in [7, 11) is 0. The summed E-state index contributed by atoms with van der Waals surface area (Å²) in [5.74, 6) is -0.266. The SMILES string of the molecule is O=C(NC(CO)c1ccccc1)c1sccc1Cl. The number of halogens is 1. The standard InChI is InChI=1S/C13H12ClNO2S/c14-10-6-7-18-12(10)13(17)15-11(8-16)9-4-2-1-3-5-9/h1-7,11,16H,8H2,(H,15,17). The zero-order chi connectivity index (χ0) is 13.0. The molecular weight excluding hydrogens is 270 g/mol. The van der Waals surface area contributed by atoms with Gasteiger partial charge in [0.25, 0.3) is 5.91 Å². The molecular formula is C13H12ClNO2S.